The first-order valence-corrected chi connectivity index (χ1v) is 30.5. The third-order valence-corrected chi connectivity index (χ3v) is 16.7. The summed E-state index contributed by atoms with van der Waals surface area (Å²) in [6.45, 7) is 19.9. The molecule has 0 spiro atoms. The van der Waals surface area contributed by atoms with Gasteiger partial charge < -0.3 is 67.4 Å². The molecule has 1 aromatic heterocycles. The maximum absolute atomic E-state index is 12.6. The minimum atomic E-state index is -0.600. The largest absolute Gasteiger partial charge is 0.507 e. The van der Waals surface area contributed by atoms with Gasteiger partial charge in [0.25, 0.3) is 0 Å². The van der Waals surface area contributed by atoms with E-state index in [1.807, 2.05) is 14.1 Å². The van der Waals surface area contributed by atoms with Crippen LogP contribution in [0.15, 0.2) is 60.7 Å². The second kappa shape index (κ2) is 35.2. The van der Waals surface area contributed by atoms with Crippen molar-refractivity contribution in [2.75, 3.05) is 154 Å². The van der Waals surface area contributed by atoms with Crippen LogP contribution < -0.4 is 14.7 Å². The molecule has 504 valence electrons. The van der Waals surface area contributed by atoms with Crippen LogP contribution in [0.4, 0.5) is 27.4 Å². The van der Waals surface area contributed by atoms with Crippen LogP contribution in [0.25, 0.3) is 0 Å². The number of aromatic hydroxyl groups is 2. The number of fused-ring (bicyclic) bond motifs is 1. The van der Waals surface area contributed by atoms with Gasteiger partial charge in [0, 0.05) is 107 Å². The zero-order valence-corrected chi connectivity index (χ0v) is 57.6. The zero-order valence-electron chi connectivity index (χ0n) is 57.6. The Balaban J connectivity index is 0.000000279. The van der Waals surface area contributed by atoms with E-state index < -0.39 is 17.7 Å². The van der Waals surface area contributed by atoms with Crippen LogP contribution in [-0.2, 0) is 97.1 Å². The minimum Gasteiger partial charge on any atom is -0.507 e. The topological polar surface area (TPSA) is 228 Å². The molecule has 24 nitrogen and oxygen atoms in total. The minimum absolute atomic E-state index is 0.0640. The lowest BCUT2D eigenvalue weighted by Crippen LogP contribution is -2.48. The summed E-state index contributed by atoms with van der Waals surface area (Å²) in [7, 11) is 19.4. The molecule has 2 aliphatic rings. The number of urea groups is 2. The van der Waals surface area contributed by atoms with Gasteiger partial charge in [-0.2, -0.15) is 15.0 Å². The fraction of sp³-hybridized carbons (Fsp3) is 0.567. The summed E-state index contributed by atoms with van der Waals surface area (Å²) in [5, 5.41) is 22.2. The standard InChI is InChI=1S/C42H54O4.C13H26N6O4.C12H22N4O6/c1-11-28-19-36(20-29(12-2)27(28)5)41(6,7)34-15-17-35(18-16-34)42(8,37-21-30(13-3)39(43)32(23-37)25-45-9)38-22-31(14-4)40(44)33(24-38)26-46-10;1-17(7-20-3)11-14-12(18(2)8-21-4)16-13(15-11)19(9-22-5)10-23-6;1-19-5-13-9-10(15(7-21-3)11(13)17)16(8-22-4)12(18)14(9)6-20-2/h15-24,43-44H,11-14,25-26H2,1-10H3;7-10H2,1-6H3;9-10H,5-8H2,1-4H3. The van der Waals surface area contributed by atoms with Gasteiger partial charge in [-0.25, -0.2) is 9.59 Å². The number of hydrogen-bond donors (Lipinski definition) is 2. The number of aryl methyl sites for hydroxylation is 4. The lowest BCUT2D eigenvalue weighted by molar-refractivity contribution is -0.0135. The Morgan fingerprint density at radius 3 is 1.07 bits per heavy atom. The first-order valence-electron chi connectivity index (χ1n) is 30.5. The van der Waals surface area contributed by atoms with Gasteiger partial charge in [0.15, 0.2) is 12.3 Å². The maximum atomic E-state index is 12.6. The van der Waals surface area contributed by atoms with Gasteiger partial charge in [0.2, 0.25) is 17.8 Å². The van der Waals surface area contributed by atoms with Gasteiger partial charge in [-0.05, 0) is 107 Å². The van der Waals surface area contributed by atoms with Gasteiger partial charge in [-0.1, -0.05) is 90.1 Å². The molecule has 0 bridgehead atoms. The Bertz CT molecular complexity index is 2920. The van der Waals surface area contributed by atoms with Gasteiger partial charge in [-0.15, -0.1) is 0 Å². The van der Waals surface area contributed by atoms with E-state index in [1.165, 1.54) is 75.9 Å². The molecule has 5 aromatic rings. The predicted molar refractivity (Wildman–Crippen MR) is 350 cm³/mol. The summed E-state index contributed by atoms with van der Waals surface area (Å²) >= 11 is 0. The number of carbonyl (C=O) groups is 2. The number of benzene rings is 4. The summed E-state index contributed by atoms with van der Waals surface area (Å²) < 4.78 is 52.0. The molecule has 0 radical (unpaired) electrons. The number of aromatic nitrogens is 3. The quantitative estimate of drug-likeness (QED) is 0.0302. The number of ether oxygens (including phenoxy) is 10. The van der Waals surface area contributed by atoms with E-state index in [4.69, 9.17) is 47.4 Å². The number of methoxy groups -OCH3 is 10. The number of phenols is 2. The van der Waals surface area contributed by atoms with Crippen LogP contribution in [0.3, 0.4) is 0 Å². The van der Waals surface area contributed by atoms with E-state index in [0.29, 0.717) is 82.3 Å². The molecule has 4 amide bonds. The average Bonchev–Trinajstić information content (AvgIpc) is 1.71. The van der Waals surface area contributed by atoms with Crippen LogP contribution in [0, 0.1) is 6.92 Å². The number of nitrogens with zero attached hydrogens (tertiary/aromatic N) is 10. The Hall–Kier alpha value is -6.97. The monoisotopic (exact) mass is 1270 g/mol. The lowest BCUT2D eigenvalue weighted by atomic mass is 9.68. The van der Waals surface area contributed by atoms with Crippen molar-refractivity contribution in [3.8, 4) is 11.5 Å². The molecule has 7 rings (SSSR count). The van der Waals surface area contributed by atoms with Crippen LogP contribution >= 0.6 is 0 Å². The summed E-state index contributed by atoms with van der Waals surface area (Å²) in [4.78, 5) is 49.6. The Kier molecular flexibility index (Phi) is 28.9. The van der Waals surface area contributed by atoms with E-state index in [-0.39, 0.29) is 44.4 Å². The van der Waals surface area contributed by atoms with E-state index in [9.17, 15) is 19.8 Å². The van der Waals surface area contributed by atoms with Crippen molar-refractivity contribution in [2.45, 2.75) is 117 Å². The number of anilines is 3. The van der Waals surface area contributed by atoms with E-state index in [1.54, 1.807) is 57.4 Å². The van der Waals surface area contributed by atoms with Gasteiger partial charge in [0.05, 0.1) is 13.2 Å². The SMILES string of the molecule is CCc1cc(C(C)(C)c2ccc(C(C)(c3cc(CC)c(O)c(COC)c3)c3cc(CC)c(O)c(COC)c3)cc2)cc(CC)c1C.COCN(C)c1nc(N(C)COC)nc(N(COC)COC)n1.COCN1C(=O)N(COC)C2C1N(COC)C(=O)N2COC. The third-order valence-electron chi connectivity index (χ3n) is 16.7. The second-order valence-corrected chi connectivity index (χ2v) is 23.1. The summed E-state index contributed by atoms with van der Waals surface area (Å²) in [6, 6.07) is 21.7. The first kappa shape index (κ1) is 74.8. The highest BCUT2D eigenvalue weighted by atomic mass is 16.5. The van der Waals surface area contributed by atoms with Crippen LogP contribution in [-0.4, -0.2) is 208 Å². The molecule has 0 atom stereocenters. The van der Waals surface area contributed by atoms with Crippen molar-refractivity contribution >= 4 is 29.9 Å². The fourth-order valence-electron chi connectivity index (χ4n) is 11.6. The molecule has 2 N–H and O–H groups in total. The number of carbonyl (C=O) groups excluding carboxylic acids is 2. The normalized spacial score (nSPS) is 14.8. The van der Waals surface area contributed by atoms with Crippen molar-refractivity contribution in [1.29, 1.82) is 0 Å². The Morgan fingerprint density at radius 1 is 0.429 bits per heavy atom. The highest BCUT2D eigenvalue weighted by Gasteiger charge is 2.59. The van der Waals surface area contributed by atoms with Crippen molar-refractivity contribution < 1.29 is 67.2 Å². The van der Waals surface area contributed by atoms with Gasteiger partial charge >= 0.3 is 12.1 Å². The van der Waals surface area contributed by atoms with Gasteiger partial charge in [0.1, 0.15) is 65.3 Å². The molecule has 3 heterocycles. The van der Waals surface area contributed by atoms with Crippen LogP contribution in [0.1, 0.15) is 115 Å². The molecular weight excluding hydrogens is 1170 g/mol. The van der Waals surface area contributed by atoms with Crippen molar-refractivity contribution in [1.82, 2.24) is 34.6 Å². The average molecular weight is 1270 g/mol. The van der Waals surface area contributed by atoms with Crippen LogP contribution in [0.5, 0.6) is 11.5 Å². The number of hydrogen-bond acceptors (Lipinski definition) is 20. The van der Waals surface area contributed by atoms with Gasteiger partial charge in [-0.3, -0.25) is 24.5 Å². The molecule has 2 aliphatic heterocycles. The van der Waals surface area contributed by atoms with Crippen molar-refractivity contribution in [3.63, 3.8) is 0 Å². The molecule has 91 heavy (non-hydrogen) atoms. The number of phenolic OH excluding ortho intramolecular Hbond substituents is 2. The molecule has 2 saturated heterocycles. The number of amides is 4. The van der Waals surface area contributed by atoms with E-state index in [2.05, 4.69) is 131 Å². The molecule has 2 fully saturated rings. The fourth-order valence-corrected chi connectivity index (χ4v) is 11.6. The highest BCUT2D eigenvalue weighted by molar-refractivity contribution is 5.85. The summed E-state index contributed by atoms with van der Waals surface area (Å²) in [5.41, 5.74) is 12.6. The maximum Gasteiger partial charge on any atom is 0.327 e. The predicted octanol–water partition coefficient (Wildman–Crippen LogP) is 9.12. The summed E-state index contributed by atoms with van der Waals surface area (Å²) in [5.74, 6) is 1.99. The molecule has 0 saturated carbocycles. The second-order valence-electron chi connectivity index (χ2n) is 23.1. The molecule has 0 aliphatic carbocycles. The summed E-state index contributed by atoms with van der Waals surface area (Å²) in [6.07, 6.45) is 2.39. The van der Waals surface area contributed by atoms with E-state index >= 15 is 0 Å². The molecule has 0 unspecified atom stereocenters. The smallest absolute Gasteiger partial charge is 0.327 e. The Labute approximate surface area is 539 Å². The molecular formula is C67H102N10O14. The number of rotatable bonds is 32. The van der Waals surface area contributed by atoms with Crippen molar-refractivity contribution in [3.05, 3.63) is 127 Å². The first-order chi connectivity index (χ1) is 43.6. The molecule has 24 heteroatoms. The van der Waals surface area contributed by atoms with Crippen molar-refractivity contribution in [2.24, 2.45) is 0 Å². The third kappa shape index (κ3) is 17.0. The zero-order chi connectivity index (χ0) is 67.3. The Morgan fingerprint density at radius 2 is 0.747 bits per heavy atom. The molecule has 4 aromatic carbocycles. The van der Waals surface area contributed by atoms with Crippen LogP contribution in [0.2, 0.25) is 0 Å². The highest BCUT2D eigenvalue weighted by Crippen LogP contribution is 2.45. The van der Waals surface area contributed by atoms with E-state index in [0.717, 1.165) is 51.8 Å². The lowest BCUT2D eigenvalue weighted by Gasteiger charge is -2.35.